The van der Waals surface area contributed by atoms with Crippen molar-refractivity contribution in [3.63, 3.8) is 0 Å². The maximum atomic E-state index is 13.1. The normalized spacial score (nSPS) is 18.6. The van der Waals surface area contributed by atoms with E-state index in [1.165, 1.54) is 5.56 Å². The number of benzene rings is 2. The van der Waals surface area contributed by atoms with Crippen molar-refractivity contribution in [1.82, 2.24) is 9.80 Å². The molecule has 0 aromatic heterocycles. The van der Waals surface area contributed by atoms with Crippen LogP contribution in [0.5, 0.6) is 0 Å². The highest BCUT2D eigenvalue weighted by atomic mass is 16.3. The summed E-state index contributed by atoms with van der Waals surface area (Å²) in [5.74, 6) is -1.32. The molecule has 0 saturated carbocycles. The van der Waals surface area contributed by atoms with Crippen molar-refractivity contribution in [2.75, 3.05) is 27.2 Å². The molecular weight excluding hydrogens is 400 g/mol. The minimum atomic E-state index is -0.635. The lowest BCUT2D eigenvalue weighted by molar-refractivity contribution is -0.140. The fourth-order valence-electron chi connectivity index (χ4n) is 3.97. The van der Waals surface area contributed by atoms with E-state index >= 15 is 0 Å². The summed E-state index contributed by atoms with van der Waals surface area (Å²) in [4.78, 5) is 29.7. The van der Waals surface area contributed by atoms with Crippen molar-refractivity contribution in [3.05, 3.63) is 75.9 Å². The lowest BCUT2D eigenvalue weighted by atomic mass is 9.85. The van der Waals surface area contributed by atoms with E-state index < -0.39 is 17.7 Å². The number of amides is 1. The van der Waals surface area contributed by atoms with E-state index in [1.807, 2.05) is 69.2 Å². The van der Waals surface area contributed by atoms with Crippen LogP contribution in [-0.2, 0) is 15.0 Å². The summed E-state index contributed by atoms with van der Waals surface area (Å²) < 4.78 is 0. The number of carbonyl (C=O) groups is 2. The molecule has 1 heterocycles. The third kappa shape index (κ3) is 4.63. The zero-order chi connectivity index (χ0) is 23.8. The number of aliphatic hydroxyl groups excluding tert-OH is 1. The summed E-state index contributed by atoms with van der Waals surface area (Å²) in [5.41, 5.74) is 4.80. The lowest BCUT2D eigenvalue weighted by Gasteiger charge is -2.27. The number of likely N-dealkylation sites (tertiary alicyclic amines) is 1. The molecule has 0 radical (unpaired) electrons. The van der Waals surface area contributed by atoms with Gasteiger partial charge in [-0.25, -0.2) is 0 Å². The molecule has 2 aromatic carbocycles. The highest BCUT2D eigenvalue weighted by Gasteiger charge is 2.45. The molecule has 0 bridgehead atoms. The highest BCUT2D eigenvalue weighted by Crippen LogP contribution is 2.40. The molecule has 2 aromatic rings. The molecule has 32 heavy (non-hydrogen) atoms. The molecule has 1 fully saturated rings. The van der Waals surface area contributed by atoms with Gasteiger partial charge in [0.15, 0.2) is 0 Å². The van der Waals surface area contributed by atoms with Crippen LogP contribution in [-0.4, -0.2) is 53.8 Å². The van der Waals surface area contributed by atoms with Crippen LogP contribution in [0.25, 0.3) is 5.76 Å². The molecule has 1 atom stereocenters. The van der Waals surface area contributed by atoms with E-state index in [0.29, 0.717) is 18.7 Å². The number of Topliss-reactive ketones (excluding diaryl/α,β-unsaturated/α-hetero) is 1. The first kappa shape index (κ1) is 23.7. The van der Waals surface area contributed by atoms with Gasteiger partial charge in [0, 0.05) is 18.7 Å². The molecule has 1 aliphatic rings. The topological polar surface area (TPSA) is 60.9 Å². The Morgan fingerprint density at radius 1 is 1.00 bits per heavy atom. The van der Waals surface area contributed by atoms with Crippen molar-refractivity contribution in [3.8, 4) is 0 Å². The zero-order valence-electron chi connectivity index (χ0n) is 20.2. The van der Waals surface area contributed by atoms with Crippen LogP contribution >= 0.6 is 0 Å². The number of carbonyl (C=O) groups excluding carboxylic acids is 2. The largest absolute Gasteiger partial charge is 0.507 e. The van der Waals surface area contributed by atoms with E-state index in [4.69, 9.17) is 0 Å². The van der Waals surface area contributed by atoms with E-state index in [1.54, 1.807) is 11.0 Å². The Morgan fingerprint density at radius 3 is 2.16 bits per heavy atom. The van der Waals surface area contributed by atoms with E-state index in [2.05, 4.69) is 20.8 Å². The summed E-state index contributed by atoms with van der Waals surface area (Å²) >= 11 is 0. The molecule has 170 valence electrons. The molecule has 1 saturated heterocycles. The van der Waals surface area contributed by atoms with Gasteiger partial charge < -0.3 is 14.9 Å². The smallest absolute Gasteiger partial charge is 0.295 e. The number of rotatable bonds is 5. The van der Waals surface area contributed by atoms with Crippen LogP contribution < -0.4 is 0 Å². The molecule has 1 aliphatic heterocycles. The summed E-state index contributed by atoms with van der Waals surface area (Å²) in [6.45, 7) is 11.4. The number of aryl methyl sites for hydroxylation is 2. The number of hydrogen-bond acceptors (Lipinski definition) is 4. The fraction of sp³-hybridized carbons (Fsp3) is 0.407. The Bertz CT molecular complexity index is 1060. The summed E-state index contributed by atoms with van der Waals surface area (Å²) in [6, 6.07) is 13.0. The minimum absolute atomic E-state index is 0.00924. The van der Waals surface area contributed by atoms with Crippen molar-refractivity contribution in [2.45, 2.75) is 46.1 Å². The van der Waals surface area contributed by atoms with Gasteiger partial charge in [0.25, 0.3) is 11.7 Å². The predicted octanol–water partition coefficient (Wildman–Crippen LogP) is 4.58. The molecule has 3 rings (SSSR count). The zero-order valence-corrected chi connectivity index (χ0v) is 20.2. The fourth-order valence-corrected chi connectivity index (χ4v) is 3.97. The lowest BCUT2D eigenvalue weighted by Crippen LogP contribution is -2.35. The average Bonchev–Trinajstić information content (AvgIpc) is 2.97. The van der Waals surface area contributed by atoms with Crippen molar-refractivity contribution in [2.24, 2.45) is 0 Å². The second-order valence-corrected chi connectivity index (χ2v) is 9.97. The summed E-state index contributed by atoms with van der Waals surface area (Å²) in [7, 11) is 3.86. The standard InChI is InChI=1S/C27H34N2O3/c1-17-8-9-20(16-18(17)2)24(30)22-23(19-10-12-21(13-11-19)27(3,4)5)29(15-14-28(6)7)26(32)25(22)31/h8-13,16,23,30H,14-15H2,1-7H3/b24-22-. The SMILES string of the molecule is Cc1ccc(/C(O)=C2/C(=O)C(=O)N(CCN(C)C)C2c2ccc(C(C)(C)C)cc2)cc1C. The minimum Gasteiger partial charge on any atom is -0.507 e. The first-order valence-corrected chi connectivity index (χ1v) is 11.0. The van der Waals surface area contributed by atoms with Crippen LogP contribution in [0.2, 0.25) is 0 Å². The second kappa shape index (κ2) is 8.91. The van der Waals surface area contributed by atoms with Crippen molar-refractivity contribution in [1.29, 1.82) is 0 Å². The van der Waals surface area contributed by atoms with Gasteiger partial charge in [0.05, 0.1) is 11.6 Å². The van der Waals surface area contributed by atoms with Gasteiger partial charge in [-0.2, -0.15) is 0 Å². The molecule has 1 N–H and O–H groups in total. The van der Waals surface area contributed by atoms with E-state index in [-0.39, 0.29) is 16.7 Å². The average molecular weight is 435 g/mol. The quantitative estimate of drug-likeness (QED) is 0.425. The molecule has 1 amide bonds. The number of aliphatic hydroxyl groups is 1. The van der Waals surface area contributed by atoms with Crippen LogP contribution in [0.3, 0.4) is 0 Å². The van der Waals surface area contributed by atoms with E-state index in [0.717, 1.165) is 16.7 Å². The van der Waals surface area contributed by atoms with Gasteiger partial charge in [0.1, 0.15) is 5.76 Å². The Hall–Kier alpha value is -2.92. The van der Waals surface area contributed by atoms with Crippen molar-refractivity contribution < 1.29 is 14.7 Å². The number of likely N-dealkylation sites (N-methyl/N-ethyl adjacent to an activating group) is 1. The first-order valence-electron chi connectivity index (χ1n) is 11.0. The Morgan fingerprint density at radius 2 is 1.62 bits per heavy atom. The van der Waals surface area contributed by atoms with Crippen LogP contribution in [0.1, 0.15) is 54.6 Å². The van der Waals surface area contributed by atoms with Gasteiger partial charge in [-0.15, -0.1) is 0 Å². The van der Waals surface area contributed by atoms with Gasteiger partial charge in [0.2, 0.25) is 0 Å². The van der Waals surface area contributed by atoms with Gasteiger partial charge in [-0.3, -0.25) is 9.59 Å². The number of ketones is 1. The predicted molar refractivity (Wildman–Crippen MR) is 129 cm³/mol. The molecule has 5 heteroatoms. The third-order valence-electron chi connectivity index (χ3n) is 6.20. The van der Waals surface area contributed by atoms with E-state index in [9.17, 15) is 14.7 Å². The van der Waals surface area contributed by atoms with Crippen LogP contribution in [0.15, 0.2) is 48.0 Å². The monoisotopic (exact) mass is 434 g/mol. The van der Waals surface area contributed by atoms with Crippen LogP contribution in [0.4, 0.5) is 0 Å². The maximum absolute atomic E-state index is 13.1. The molecule has 1 unspecified atom stereocenters. The Balaban J connectivity index is 2.15. The Kier molecular flexibility index (Phi) is 6.61. The molecular formula is C27H34N2O3. The number of hydrogen-bond donors (Lipinski definition) is 1. The highest BCUT2D eigenvalue weighted by molar-refractivity contribution is 6.46. The molecule has 0 spiro atoms. The summed E-state index contributed by atoms with van der Waals surface area (Å²) in [5, 5.41) is 11.2. The van der Waals surface area contributed by atoms with Gasteiger partial charge in [-0.05, 0) is 61.7 Å². The van der Waals surface area contributed by atoms with Crippen molar-refractivity contribution >= 4 is 17.4 Å². The van der Waals surface area contributed by atoms with Gasteiger partial charge in [-0.1, -0.05) is 57.2 Å². The van der Waals surface area contributed by atoms with Crippen LogP contribution in [0, 0.1) is 13.8 Å². The first-order chi connectivity index (χ1) is 14.9. The summed E-state index contributed by atoms with van der Waals surface area (Å²) in [6.07, 6.45) is 0. The second-order valence-electron chi connectivity index (χ2n) is 9.97. The van der Waals surface area contributed by atoms with Gasteiger partial charge >= 0.3 is 0 Å². The Labute approximate surface area is 191 Å². The number of nitrogens with zero attached hydrogens (tertiary/aromatic N) is 2. The molecule has 0 aliphatic carbocycles. The maximum Gasteiger partial charge on any atom is 0.295 e. The molecule has 5 nitrogen and oxygen atoms in total. The third-order valence-corrected chi connectivity index (χ3v) is 6.20.